The minimum Gasteiger partial charge on any atom is -0.493 e. The summed E-state index contributed by atoms with van der Waals surface area (Å²) in [5.74, 6) is -1.50. The number of methoxy groups -OCH3 is 1. The topological polar surface area (TPSA) is 100 Å². The molecule has 3 rings (SSSR count). The third-order valence-electron chi connectivity index (χ3n) is 4.82. The van der Waals surface area contributed by atoms with E-state index in [1.807, 2.05) is 25.1 Å². The molecule has 3 aromatic rings. The molecule has 2 N–H and O–H groups in total. The minimum atomic E-state index is -0.600. The Morgan fingerprint density at radius 1 is 1.09 bits per heavy atom. The molecule has 0 saturated heterocycles. The SMILES string of the molecule is COc1cc(C=C(C#N)C(=O)Nc2ccccc2C)cc(Cl)c1OCC(=O)Nc1ccccc1F. The lowest BCUT2D eigenvalue weighted by Gasteiger charge is -2.14. The van der Waals surface area contributed by atoms with Gasteiger partial charge in [-0.25, -0.2) is 4.39 Å². The molecule has 7 nitrogen and oxygen atoms in total. The Kier molecular flexibility index (Phi) is 8.43. The molecule has 0 heterocycles. The van der Waals surface area contributed by atoms with Gasteiger partial charge in [0.05, 0.1) is 17.8 Å². The van der Waals surface area contributed by atoms with E-state index in [-0.39, 0.29) is 27.8 Å². The zero-order valence-corrected chi connectivity index (χ0v) is 19.7. The van der Waals surface area contributed by atoms with Gasteiger partial charge in [0.25, 0.3) is 11.8 Å². The molecule has 0 atom stereocenters. The van der Waals surface area contributed by atoms with Crippen LogP contribution in [0.1, 0.15) is 11.1 Å². The molecule has 0 aromatic heterocycles. The highest BCUT2D eigenvalue weighted by Crippen LogP contribution is 2.37. The largest absolute Gasteiger partial charge is 0.493 e. The van der Waals surface area contributed by atoms with Crippen LogP contribution in [0.15, 0.2) is 66.2 Å². The Balaban J connectivity index is 1.75. The van der Waals surface area contributed by atoms with Gasteiger partial charge in [-0.15, -0.1) is 0 Å². The number of nitrogens with one attached hydrogen (secondary N) is 2. The lowest BCUT2D eigenvalue weighted by atomic mass is 10.1. The van der Waals surface area contributed by atoms with Gasteiger partial charge in [-0.2, -0.15) is 5.26 Å². The van der Waals surface area contributed by atoms with E-state index >= 15 is 0 Å². The van der Waals surface area contributed by atoms with Crippen molar-refractivity contribution in [2.24, 2.45) is 0 Å². The first-order valence-electron chi connectivity index (χ1n) is 10.4. The minimum absolute atomic E-state index is 0.0210. The molecule has 35 heavy (non-hydrogen) atoms. The Morgan fingerprint density at radius 2 is 1.77 bits per heavy atom. The molecular weight excluding hydrogens is 473 g/mol. The zero-order valence-electron chi connectivity index (χ0n) is 18.9. The Bertz CT molecular complexity index is 1330. The number of nitriles is 1. The third kappa shape index (κ3) is 6.59. The van der Waals surface area contributed by atoms with Crippen molar-refractivity contribution in [1.82, 2.24) is 0 Å². The maximum Gasteiger partial charge on any atom is 0.266 e. The van der Waals surface area contributed by atoms with Crippen LogP contribution in [-0.2, 0) is 9.59 Å². The summed E-state index contributed by atoms with van der Waals surface area (Å²) in [6.07, 6.45) is 1.36. The number of ether oxygens (including phenoxy) is 2. The molecule has 0 saturated carbocycles. The molecule has 3 aromatic carbocycles. The number of aryl methyl sites for hydroxylation is 1. The summed E-state index contributed by atoms with van der Waals surface area (Å²) in [5, 5.41) is 14.7. The molecule has 0 unspecified atom stereocenters. The van der Waals surface area contributed by atoms with Gasteiger partial charge in [-0.3, -0.25) is 9.59 Å². The quantitative estimate of drug-likeness (QED) is 0.325. The highest BCUT2D eigenvalue weighted by Gasteiger charge is 2.16. The highest BCUT2D eigenvalue weighted by atomic mass is 35.5. The van der Waals surface area contributed by atoms with Crippen molar-refractivity contribution < 1.29 is 23.5 Å². The van der Waals surface area contributed by atoms with Gasteiger partial charge in [0.2, 0.25) is 0 Å². The number of para-hydroxylation sites is 2. The van der Waals surface area contributed by atoms with E-state index in [0.29, 0.717) is 11.3 Å². The molecule has 2 amide bonds. The predicted octanol–water partition coefficient (Wildman–Crippen LogP) is 5.36. The summed E-state index contributed by atoms with van der Waals surface area (Å²) in [6, 6.07) is 17.8. The molecule has 0 aliphatic carbocycles. The van der Waals surface area contributed by atoms with Crippen LogP contribution < -0.4 is 20.1 Å². The number of carbonyl (C=O) groups excluding carboxylic acids is 2. The van der Waals surface area contributed by atoms with Crippen LogP contribution in [0.4, 0.5) is 15.8 Å². The van der Waals surface area contributed by atoms with Crippen LogP contribution in [0.5, 0.6) is 11.5 Å². The molecule has 9 heteroatoms. The van der Waals surface area contributed by atoms with E-state index in [4.69, 9.17) is 21.1 Å². The summed E-state index contributed by atoms with van der Waals surface area (Å²) < 4.78 is 24.5. The summed E-state index contributed by atoms with van der Waals surface area (Å²) in [7, 11) is 1.38. The monoisotopic (exact) mass is 493 g/mol. The van der Waals surface area contributed by atoms with Crippen molar-refractivity contribution in [2.75, 3.05) is 24.4 Å². The van der Waals surface area contributed by atoms with E-state index in [2.05, 4.69) is 10.6 Å². The summed E-state index contributed by atoms with van der Waals surface area (Å²) in [4.78, 5) is 24.8. The number of carbonyl (C=O) groups is 2. The van der Waals surface area contributed by atoms with Crippen LogP contribution in [-0.4, -0.2) is 25.5 Å². The Labute approximate surface area is 206 Å². The van der Waals surface area contributed by atoms with Crippen molar-refractivity contribution in [3.8, 4) is 17.6 Å². The van der Waals surface area contributed by atoms with Crippen molar-refractivity contribution in [1.29, 1.82) is 5.26 Å². The average molecular weight is 494 g/mol. The second kappa shape index (κ2) is 11.7. The van der Waals surface area contributed by atoms with Crippen molar-refractivity contribution in [2.45, 2.75) is 6.92 Å². The van der Waals surface area contributed by atoms with Gasteiger partial charge in [0, 0.05) is 5.69 Å². The summed E-state index contributed by atoms with van der Waals surface area (Å²) >= 11 is 6.33. The maximum atomic E-state index is 13.7. The van der Waals surface area contributed by atoms with Crippen LogP contribution in [0.3, 0.4) is 0 Å². The van der Waals surface area contributed by atoms with Crippen molar-refractivity contribution >= 4 is 40.9 Å². The number of nitrogens with zero attached hydrogens (tertiary/aromatic N) is 1. The first-order chi connectivity index (χ1) is 16.8. The van der Waals surface area contributed by atoms with Gasteiger partial charge < -0.3 is 20.1 Å². The first kappa shape index (κ1) is 25.3. The van der Waals surface area contributed by atoms with Crippen LogP contribution in [0.2, 0.25) is 5.02 Å². The van der Waals surface area contributed by atoms with Gasteiger partial charge in [-0.05, 0) is 54.5 Å². The average Bonchev–Trinajstić information content (AvgIpc) is 2.84. The van der Waals surface area contributed by atoms with E-state index in [9.17, 15) is 19.2 Å². The smallest absolute Gasteiger partial charge is 0.266 e. The Morgan fingerprint density at radius 3 is 2.43 bits per heavy atom. The fraction of sp³-hybridized carbons (Fsp3) is 0.115. The van der Waals surface area contributed by atoms with E-state index < -0.39 is 24.2 Å². The standard InChI is InChI=1S/C26H21ClFN3O4/c1-16-7-3-5-9-21(16)31-26(33)18(14-29)11-17-12-19(27)25(23(13-17)34-2)35-15-24(32)30-22-10-6-4-8-20(22)28/h3-13H,15H2,1-2H3,(H,30,32)(H,31,33). The molecular formula is C26H21ClFN3O4. The van der Waals surface area contributed by atoms with Crippen LogP contribution in [0, 0.1) is 24.1 Å². The number of halogens is 2. The molecule has 0 aliphatic heterocycles. The molecule has 0 bridgehead atoms. The number of hydrogen-bond donors (Lipinski definition) is 2. The first-order valence-corrected chi connectivity index (χ1v) is 10.7. The summed E-state index contributed by atoms with van der Waals surface area (Å²) in [6.45, 7) is 1.38. The fourth-order valence-corrected chi connectivity index (χ4v) is 3.34. The number of hydrogen-bond acceptors (Lipinski definition) is 5. The second-order valence-electron chi connectivity index (χ2n) is 7.29. The Hall–Kier alpha value is -4.35. The summed E-state index contributed by atoms with van der Waals surface area (Å²) in [5.41, 5.74) is 1.72. The molecule has 0 fully saturated rings. The van der Waals surface area contributed by atoms with Gasteiger partial charge in [0.1, 0.15) is 17.5 Å². The van der Waals surface area contributed by atoms with E-state index in [0.717, 1.165) is 5.56 Å². The van der Waals surface area contributed by atoms with Crippen molar-refractivity contribution in [3.05, 3.63) is 88.2 Å². The van der Waals surface area contributed by atoms with E-state index in [1.165, 1.54) is 43.5 Å². The second-order valence-corrected chi connectivity index (χ2v) is 7.70. The number of amides is 2. The third-order valence-corrected chi connectivity index (χ3v) is 5.10. The van der Waals surface area contributed by atoms with Crippen LogP contribution >= 0.6 is 11.6 Å². The number of rotatable bonds is 8. The molecule has 0 radical (unpaired) electrons. The maximum absolute atomic E-state index is 13.7. The van der Waals surface area contributed by atoms with E-state index in [1.54, 1.807) is 18.2 Å². The van der Waals surface area contributed by atoms with Gasteiger partial charge in [-0.1, -0.05) is 41.9 Å². The van der Waals surface area contributed by atoms with Crippen molar-refractivity contribution in [3.63, 3.8) is 0 Å². The highest BCUT2D eigenvalue weighted by molar-refractivity contribution is 6.32. The molecule has 0 aliphatic rings. The van der Waals surface area contributed by atoms with Crippen LogP contribution in [0.25, 0.3) is 6.08 Å². The zero-order chi connectivity index (χ0) is 25.4. The molecule has 178 valence electrons. The number of anilines is 2. The molecule has 0 spiro atoms. The lowest BCUT2D eigenvalue weighted by molar-refractivity contribution is -0.118. The lowest BCUT2D eigenvalue weighted by Crippen LogP contribution is -2.21. The normalized spacial score (nSPS) is 10.8. The number of benzene rings is 3. The predicted molar refractivity (Wildman–Crippen MR) is 132 cm³/mol. The van der Waals surface area contributed by atoms with Gasteiger partial charge >= 0.3 is 0 Å². The van der Waals surface area contributed by atoms with Gasteiger partial charge in [0.15, 0.2) is 18.1 Å². The fourth-order valence-electron chi connectivity index (χ4n) is 3.07.